The normalized spacial score (nSPS) is 15.3. The molecule has 2 aromatic rings. The van der Waals surface area contributed by atoms with Crippen molar-refractivity contribution in [2.75, 3.05) is 26.7 Å². The summed E-state index contributed by atoms with van der Waals surface area (Å²) in [5.74, 6) is 0.613. The summed E-state index contributed by atoms with van der Waals surface area (Å²) in [6.07, 6.45) is 3.10. The van der Waals surface area contributed by atoms with Crippen LogP contribution in [0.3, 0.4) is 0 Å². The molecule has 6 heteroatoms. The van der Waals surface area contributed by atoms with Gasteiger partial charge in [-0.05, 0) is 25.0 Å². The molecular weight excluding hydrogens is 306 g/mol. The molecule has 6 nitrogen and oxygen atoms in total. The summed E-state index contributed by atoms with van der Waals surface area (Å²) in [5.41, 5.74) is 0.756. The zero-order chi connectivity index (χ0) is 16.9. The number of ether oxygens (including phenoxy) is 1. The highest BCUT2D eigenvalue weighted by Gasteiger charge is 2.26. The molecular formula is C18H21N3O3. The lowest BCUT2D eigenvalue weighted by atomic mass is 9.96. The average Bonchev–Trinajstić information content (AvgIpc) is 2.65. The fourth-order valence-electron chi connectivity index (χ4n) is 3.02. The van der Waals surface area contributed by atoms with E-state index in [0.29, 0.717) is 31.7 Å². The first-order valence-corrected chi connectivity index (χ1v) is 8.15. The van der Waals surface area contributed by atoms with Crippen molar-refractivity contribution in [3.63, 3.8) is 0 Å². The van der Waals surface area contributed by atoms with Crippen molar-refractivity contribution in [3.8, 4) is 5.75 Å². The summed E-state index contributed by atoms with van der Waals surface area (Å²) in [6.45, 7) is 1.17. The largest absolute Gasteiger partial charge is 0.481 e. The van der Waals surface area contributed by atoms with Crippen molar-refractivity contribution in [2.45, 2.75) is 12.8 Å². The number of piperidine rings is 1. The highest BCUT2D eigenvalue weighted by Crippen LogP contribution is 2.23. The van der Waals surface area contributed by atoms with Crippen LogP contribution in [-0.4, -0.2) is 48.4 Å². The Morgan fingerprint density at radius 2 is 2.00 bits per heavy atom. The number of pyridine rings is 1. The average molecular weight is 327 g/mol. The van der Waals surface area contributed by atoms with Gasteiger partial charge < -0.3 is 15.0 Å². The molecule has 0 aliphatic carbocycles. The van der Waals surface area contributed by atoms with E-state index >= 15 is 0 Å². The molecule has 1 aliphatic rings. The molecule has 1 aromatic carbocycles. The van der Waals surface area contributed by atoms with E-state index in [1.807, 2.05) is 30.3 Å². The molecule has 3 rings (SSSR count). The predicted octanol–water partition coefficient (Wildman–Crippen LogP) is 1.60. The maximum atomic E-state index is 12.3. The summed E-state index contributed by atoms with van der Waals surface area (Å²) in [4.78, 5) is 30.0. The molecule has 0 bridgehead atoms. The molecule has 0 atom stereocenters. The molecule has 1 aliphatic heterocycles. The van der Waals surface area contributed by atoms with E-state index < -0.39 is 0 Å². The highest BCUT2D eigenvalue weighted by atomic mass is 16.5. The van der Waals surface area contributed by atoms with Crippen molar-refractivity contribution in [3.05, 3.63) is 36.5 Å². The summed E-state index contributed by atoms with van der Waals surface area (Å²) in [5, 5.41) is 3.65. The number of aromatic nitrogens is 1. The van der Waals surface area contributed by atoms with E-state index in [-0.39, 0.29) is 24.3 Å². The summed E-state index contributed by atoms with van der Waals surface area (Å²) >= 11 is 0. The lowest BCUT2D eigenvalue weighted by molar-refractivity contribution is -0.137. The first-order chi connectivity index (χ1) is 11.7. The van der Waals surface area contributed by atoms with Gasteiger partial charge in [-0.3, -0.25) is 14.6 Å². The zero-order valence-corrected chi connectivity index (χ0v) is 13.7. The quantitative estimate of drug-likeness (QED) is 0.926. The second-order valence-electron chi connectivity index (χ2n) is 5.89. The van der Waals surface area contributed by atoms with Gasteiger partial charge in [0, 0.05) is 37.6 Å². The second kappa shape index (κ2) is 7.29. The van der Waals surface area contributed by atoms with Crippen molar-refractivity contribution in [1.82, 2.24) is 15.2 Å². The Balaban J connectivity index is 1.57. The van der Waals surface area contributed by atoms with E-state index in [0.717, 1.165) is 10.9 Å². The molecule has 0 saturated carbocycles. The van der Waals surface area contributed by atoms with Crippen LogP contribution in [0.4, 0.5) is 0 Å². The maximum Gasteiger partial charge on any atom is 0.260 e. The van der Waals surface area contributed by atoms with Gasteiger partial charge in [-0.1, -0.05) is 18.2 Å². The lowest BCUT2D eigenvalue weighted by Crippen LogP contribution is -2.44. The number of nitrogens with zero attached hydrogens (tertiary/aromatic N) is 2. The van der Waals surface area contributed by atoms with Gasteiger partial charge in [0.25, 0.3) is 5.91 Å². The van der Waals surface area contributed by atoms with Crippen LogP contribution in [0.2, 0.25) is 0 Å². The van der Waals surface area contributed by atoms with Crippen molar-refractivity contribution in [2.24, 2.45) is 5.92 Å². The van der Waals surface area contributed by atoms with Crippen LogP contribution in [0, 0.1) is 5.92 Å². The van der Waals surface area contributed by atoms with E-state index in [4.69, 9.17) is 4.74 Å². The molecule has 2 amide bonds. The molecule has 0 unspecified atom stereocenters. The van der Waals surface area contributed by atoms with Gasteiger partial charge >= 0.3 is 0 Å². The van der Waals surface area contributed by atoms with Crippen molar-refractivity contribution < 1.29 is 14.3 Å². The molecule has 1 fully saturated rings. The van der Waals surface area contributed by atoms with E-state index in [2.05, 4.69) is 10.3 Å². The number of likely N-dealkylation sites (tertiary alicyclic amines) is 1. The Morgan fingerprint density at radius 3 is 2.75 bits per heavy atom. The number of nitrogens with one attached hydrogen (secondary N) is 1. The van der Waals surface area contributed by atoms with Crippen LogP contribution in [0.5, 0.6) is 5.75 Å². The smallest absolute Gasteiger partial charge is 0.260 e. The van der Waals surface area contributed by atoms with E-state index in [1.165, 1.54) is 0 Å². The first-order valence-electron chi connectivity index (χ1n) is 8.15. The molecule has 1 N–H and O–H groups in total. The minimum absolute atomic E-state index is 0.00207. The van der Waals surface area contributed by atoms with E-state index in [9.17, 15) is 9.59 Å². The Labute approximate surface area is 140 Å². The third-order valence-corrected chi connectivity index (χ3v) is 4.41. The van der Waals surface area contributed by atoms with Gasteiger partial charge in [-0.2, -0.15) is 0 Å². The van der Waals surface area contributed by atoms with Gasteiger partial charge in [0.1, 0.15) is 11.3 Å². The molecule has 0 spiro atoms. The zero-order valence-electron chi connectivity index (χ0n) is 13.7. The molecule has 0 radical (unpaired) electrons. The molecule has 2 heterocycles. The SMILES string of the molecule is CNC(=O)C1CCN(C(=O)COc2cccc3cccnc23)CC1. The fraction of sp³-hybridized carbons (Fsp3) is 0.389. The standard InChI is InChI=1S/C18H21N3O3/c1-19-18(23)14-7-10-21(11-8-14)16(22)12-24-15-6-2-4-13-5-3-9-20-17(13)15/h2-6,9,14H,7-8,10-12H2,1H3,(H,19,23). The number of para-hydroxylation sites is 1. The van der Waals surface area contributed by atoms with Gasteiger partial charge in [-0.25, -0.2) is 0 Å². The molecule has 1 aromatic heterocycles. The maximum absolute atomic E-state index is 12.3. The number of rotatable bonds is 4. The second-order valence-corrected chi connectivity index (χ2v) is 5.89. The van der Waals surface area contributed by atoms with Gasteiger partial charge in [0.15, 0.2) is 6.61 Å². The van der Waals surface area contributed by atoms with Crippen LogP contribution in [0.15, 0.2) is 36.5 Å². The van der Waals surface area contributed by atoms with Crippen molar-refractivity contribution >= 4 is 22.7 Å². The Morgan fingerprint density at radius 1 is 1.25 bits per heavy atom. The van der Waals surface area contributed by atoms with Gasteiger partial charge in [0.2, 0.25) is 5.91 Å². The summed E-state index contributed by atoms with van der Waals surface area (Å²) in [7, 11) is 1.64. The van der Waals surface area contributed by atoms with Crippen LogP contribution < -0.4 is 10.1 Å². The monoisotopic (exact) mass is 327 g/mol. The summed E-state index contributed by atoms with van der Waals surface area (Å²) in [6, 6.07) is 9.49. The minimum atomic E-state index is -0.0571. The number of hydrogen-bond donors (Lipinski definition) is 1. The topological polar surface area (TPSA) is 71.5 Å². The molecule has 24 heavy (non-hydrogen) atoms. The number of carbonyl (C=O) groups is 2. The van der Waals surface area contributed by atoms with Crippen LogP contribution in [-0.2, 0) is 9.59 Å². The number of fused-ring (bicyclic) bond motifs is 1. The Hall–Kier alpha value is -2.63. The number of hydrogen-bond acceptors (Lipinski definition) is 4. The number of carbonyl (C=O) groups excluding carboxylic acids is 2. The minimum Gasteiger partial charge on any atom is -0.481 e. The highest BCUT2D eigenvalue weighted by molar-refractivity contribution is 5.85. The number of amides is 2. The fourth-order valence-corrected chi connectivity index (χ4v) is 3.02. The summed E-state index contributed by atoms with van der Waals surface area (Å²) < 4.78 is 5.70. The van der Waals surface area contributed by atoms with Gasteiger partial charge in [-0.15, -0.1) is 0 Å². The van der Waals surface area contributed by atoms with Gasteiger partial charge in [0.05, 0.1) is 0 Å². The molecule has 126 valence electrons. The van der Waals surface area contributed by atoms with Crippen molar-refractivity contribution in [1.29, 1.82) is 0 Å². The molecule has 1 saturated heterocycles. The number of benzene rings is 1. The third kappa shape index (κ3) is 3.48. The van der Waals surface area contributed by atoms with Crippen LogP contribution >= 0.6 is 0 Å². The van der Waals surface area contributed by atoms with Crippen LogP contribution in [0.1, 0.15) is 12.8 Å². The predicted molar refractivity (Wildman–Crippen MR) is 90.6 cm³/mol. The third-order valence-electron chi connectivity index (χ3n) is 4.41. The lowest BCUT2D eigenvalue weighted by Gasteiger charge is -2.31. The van der Waals surface area contributed by atoms with E-state index in [1.54, 1.807) is 18.1 Å². The Kier molecular flexibility index (Phi) is 4.93. The Bertz CT molecular complexity index is 734. The van der Waals surface area contributed by atoms with Crippen LogP contribution in [0.25, 0.3) is 10.9 Å². The first kappa shape index (κ1) is 16.2.